The summed E-state index contributed by atoms with van der Waals surface area (Å²) in [5.74, 6) is -0.199. The minimum atomic E-state index is -0.425. The van der Waals surface area contributed by atoms with E-state index < -0.39 is 5.97 Å². The molecule has 0 aliphatic carbocycles. The Kier molecular flexibility index (Phi) is 7.39. The predicted molar refractivity (Wildman–Crippen MR) is 103 cm³/mol. The molecule has 0 heterocycles. The Morgan fingerprint density at radius 3 is 2.68 bits per heavy atom. The highest BCUT2D eigenvalue weighted by atomic mass is 127. The number of carbonyl (C=O) groups is 2. The van der Waals surface area contributed by atoms with Gasteiger partial charge in [0.15, 0.2) is 6.61 Å². The van der Waals surface area contributed by atoms with Crippen LogP contribution >= 0.6 is 22.6 Å². The van der Waals surface area contributed by atoms with Crippen LogP contribution in [0.15, 0.2) is 53.6 Å². The van der Waals surface area contributed by atoms with Gasteiger partial charge in [-0.3, -0.25) is 4.79 Å². The molecule has 2 aromatic rings. The van der Waals surface area contributed by atoms with Gasteiger partial charge in [0, 0.05) is 9.13 Å². The molecular weight excluding hydrogens is 435 g/mol. The topological polar surface area (TPSA) is 77.0 Å². The van der Waals surface area contributed by atoms with Gasteiger partial charge in [0.2, 0.25) is 0 Å². The molecule has 0 atom stereocenters. The van der Waals surface area contributed by atoms with E-state index in [-0.39, 0.29) is 12.5 Å². The van der Waals surface area contributed by atoms with Crippen LogP contribution in [0.25, 0.3) is 0 Å². The smallest absolute Gasteiger partial charge is 0.344 e. The number of esters is 1. The first kappa shape index (κ1) is 18.9. The van der Waals surface area contributed by atoms with Gasteiger partial charge in [-0.2, -0.15) is 5.10 Å². The fraction of sp³-hybridized carbons (Fsp3) is 0.167. The van der Waals surface area contributed by atoms with Gasteiger partial charge in [-0.15, -0.1) is 0 Å². The number of benzene rings is 2. The third-order valence-electron chi connectivity index (χ3n) is 3.01. The molecule has 6 nitrogen and oxygen atoms in total. The van der Waals surface area contributed by atoms with Crippen LogP contribution in [0.4, 0.5) is 0 Å². The molecule has 2 aromatic carbocycles. The van der Waals surface area contributed by atoms with Crippen molar-refractivity contribution in [2.24, 2.45) is 5.10 Å². The Hall–Kier alpha value is -2.42. The largest absolute Gasteiger partial charge is 0.482 e. The third kappa shape index (κ3) is 6.54. The molecule has 0 spiro atoms. The number of rotatable bonds is 7. The van der Waals surface area contributed by atoms with Gasteiger partial charge in [-0.25, -0.2) is 10.2 Å². The average Bonchev–Trinajstić information content (AvgIpc) is 2.61. The van der Waals surface area contributed by atoms with Gasteiger partial charge in [0.05, 0.1) is 12.8 Å². The molecule has 0 saturated carbocycles. The summed E-state index contributed by atoms with van der Waals surface area (Å²) in [5, 5.41) is 3.93. The van der Waals surface area contributed by atoms with Crippen molar-refractivity contribution in [2.75, 3.05) is 13.2 Å². The zero-order valence-corrected chi connectivity index (χ0v) is 15.7. The van der Waals surface area contributed by atoms with Crippen LogP contribution in [0.1, 0.15) is 22.8 Å². The van der Waals surface area contributed by atoms with E-state index in [9.17, 15) is 9.59 Å². The lowest BCUT2D eigenvalue weighted by Gasteiger charge is -2.06. The van der Waals surface area contributed by atoms with Gasteiger partial charge in [-0.05, 0) is 71.5 Å². The van der Waals surface area contributed by atoms with Crippen molar-refractivity contribution in [3.8, 4) is 5.75 Å². The van der Waals surface area contributed by atoms with Gasteiger partial charge in [0.1, 0.15) is 5.75 Å². The van der Waals surface area contributed by atoms with Crippen molar-refractivity contribution < 1.29 is 19.1 Å². The van der Waals surface area contributed by atoms with Crippen LogP contribution in [0, 0.1) is 3.57 Å². The Morgan fingerprint density at radius 2 is 1.96 bits per heavy atom. The van der Waals surface area contributed by atoms with E-state index in [2.05, 4.69) is 33.1 Å². The minimum absolute atomic E-state index is 0.155. The second kappa shape index (κ2) is 9.77. The van der Waals surface area contributed by atoms with Crippen molar-refractivity contribution in [2.45, 2.75) is 6.92 Å². The van der Waals surface area contributed by atoms with E-state index in [4.69, 9.17) is 9.47 Å². The number of nitrogens with zero attached hydrogens (tertiary/aromatic N) is 1. The maximum atomic E-state index is 11.9. The van der Waals surface area contributed by atoms with Crippen molar-refractivity contribution in [1.29, 1.82) is 0 Å². The lowest BCUT2D eigenvalue weighted by molar-refractivity contribution is -0.145. The van der Waals surface area contributed by atoms with E-state index in [1.54, 1.807) is 43.3 Å². The Morgan fingerprint density at radius 1 is 1.20 bits per heavy atom. The highest BCUT2D eigenvalue weighted by Gasteiger charge is 2.04. The summed E-state index contributed by atoms with van der Waals surface area (Å²) in [6.07, 6.45) is 1.50. The Balaban J connectivity index is 1.90. The number of hydrogen-bond donors (Lipinski definition) is 1. The number of hydrazone groups is 1. The number of amides is 1. The Bertz CT molecular complexity index is 760. The van der Waals surface area contributed by atoms with Crippen LogP contribution in [0.3, 0.4) is 0 Å². The van der Waals surface area contributed by atoms with Gasteiger partial charge < -0.3 is 9.47 Å². The van der Waals surface area contributed by atoms with E-state index in [0.29, 0.717) is 17.9 Å². The summed E-state index contributed by atoms with van der Waals surface area (Å²) >= 11 is 2.17. The molecule has 0 aliphatic rings. The summed E-state index contributed by atoms with van der Waals surface area (Å²) in [5.41, 5.74) is 3.72. The highest BCUT2D eigenvalue weighted by molar-refractivity contribution is 14.1. The zero-order valence-electron chi connectivity index (χ0n) is 13.6. The first-order chi connectivity index (χ1) is 12.1. The van der Waals surface area contributed by atoms with Crippen LogP contribution in [-0.4, -0.2) is 31.3 Å². The summed E-state index contributed by atoms with van der Waals surface area (Å²) < 4.78 is 11.2. The first-order valence-electron chi connectivity index (χ1n) is 7.56. The first-order valence-corrected chi connectivity index (χ1v) is 8.64. The van der Waals surface area contributed by atoms with E-state index in [0.717, 1.165) is 9.13 Å². The monoisotopic (exact) mass is 452 g/mol. The standard InChI is InChI=1S/C18H17IN2O4/c1-2-24-17(22)12-25-16-5-3-4-13(10-16)11-20-21-18(23)14-6-8-15(19)9-7-14/h3-11H,2,12H2,1H3,(H,21,23)/b20-11-. The van der Waals surface area contributed by atoms with E-state index >= 15 is 0 Å². The van der Waals surface area contributed by atoms with Crippen LogP contribution in [0.5, 0.6) is 5.75 Å². The summed E-state index contributed by atoms with van der Waals surface area (Å²) in [7, 11) is 0. The summed E-state index contributed by atoms with van der Waals surface area (Å²) in [6, 6.07) is 14.2. The molecule has 2 rings (SSSR count). The molecule has 0 saturated heterocycles. The quantitative estimate of drug-likeness (QED) is 0.303. The molecule has 0 bridgehead atoms. The van der Waals surface area contributed by atoms with Crippen molar-refractivity contribution in [3.63, 3.8) is 0 Å². The molecule has 0 fully saturated rings. The second-order valence-corrected chi connectivity index (χ2v) is 6.12. The zero-order chi connectivity index (χ0) is 18.1. The summed E-state index contributed by atoms with van der Waals surface area (Å²) in [6.45, 7) is 1.90. The number of nitrogens with one attached hydrogen (secondary N) is 1. The molecule has 1 amide bonds. The lowest BCUT2D eigenvalue weighted by atomic mass is 10.2. The SMILES string of the molecule is CCOC(=O)COc1cccc(/C=N\NC(=O)c2ccc(I)cc2)c1. The molecule has 0 radical (unpaired) electrons. The minimum Gasteiger partial charge on any atom is -0.482 e. The van der Waals surface area contributed by atoms with Crippen molar-refractivity contribution in [3.05, 3.63) is 63.2 Å². The number of carbonyl (C=O) groups excluding carboxylic acids is 2. The fourth-order valence-corrected chi connectivity index (χ4v) is 2.22. The Labute approximate surface area is 159 Å². The van der Waals surface area contributed by atoms with Crippen LogP contribution in [0.2, 0.25) is 0 Å². The number of ether oxygens (including phenoxy) is 2. The predicted octanol–water partition coefficient (Wildman–Crippen LogP) is 3.00. The number of halogens is 1. The lowest BCUT2D eigenvalue weighted by Crippen LogP contribution is -2.17. The number of hydrogen-bond acceptors (Lipinski definition) is 5. The van der Waals surface area contributed by atoms with Crippen molar-refractivity contribution >= 4 is 40.7 Å². The third-order valence-corrected chi connectivity index (χ3v) is 3.73. The molecule has 0 aliphatic heterocycles. The van der Waals surface area contributed by atoms with Gasteiger partial charge >= 0.3 is 5.97 Å². The van der Waals surface area contributed by atoms with Crippen LogP contribution < -0.4 is 10.2 Å². The molecule has 0 unspecified atom stereocenters. The highest BCUT2D eigenvalue weighted by Crippen LogP contribution is 2.12. The molecule has 130 valence electrons. The fourth-order valence-electron chi connectivity index (χ4n) is 1.86. The maximum absolute atomic E-state index is 11.9. The van der Waals surface area contributed by atoms with Crippen molar-refractivity contribution in [1.82, 2.24) is 5.43 Å². The van der Waals surface area contributed by atoms with E-state index in [1.807, 2.05) is 12.1 Å². The molecular formula is C18H17IN2O4. The van der Waals surface area contributed by atoms with E-state index in [1.165, 1.54) is 6.21 Å². The molecule has 1 N–H and O–H groups in total. The molecule has 7 heteroatoms. The van der Waals surface area contributed by atoms with Gasteiger partial charge in [-0.1, -0.05) is 12.1 Å². The summed E-state index contributed by atoms with van der Waals surface area (Å²) in [4.78, 5) is 23.2. The molecule has 0 aromatic heterocycles. The second-order valence-electron chi connectivity index (χ2n) is 4.87. The van der Waals surface area contributed by atoms with Crippen LogP contribution in [-0.2, 0) is 9.53 Å². The molecule has 25 heavy (non-hydrogen) atoms. The maximum Gasteiger partial charge on any atom is 0.344 e. The normalized spacial score (nSPS) is 10.5. The average molecular weight is 452 g/mol. The van der Waals surface area contributed by atoms with Gasteiger partial charge in [0.25, 0.3) is 5.91 Å².